The van der Waals surface area contributed by atoms with E-state index in [2.05, 4.69) is 45.1 Å². The average Bonchev–Trinajstić information content (AvgIpc) is 3.26. The Morgan fingerprint density at radius 3 is 2.74 bits per heavy atom. The molecular formula is C22H27N3O2. The highest BCUT2D eigenvalue weighted by Gasteiger charge is 2.24. The molecule has 0 N–H and O–H groups in total. The lowest BCUT2D eigenvalue weighted by molar-refractivity contribution is 0.0925. The molecule has 27 heavy (non-hydrogen) atoms. The Bertz CT molecular complexity index is 917. The summed E-state index contributed by atoms with van der Waals surface area (Å²) in [6.45, 7) is 6.01. The topological polar surface area (TPSA) is 43.4 Å². The van der Waals surface area contributed by atoms with Crippen LogP contribution in [0.4, 0.5) is 0 Å². The minimum Gasteiger partial charge on any atom is -0.490 e. The highest BCUT2D eigenvalue weighted by molar-refractivity contribution is 5.86. The van der Waals surface area contributed by atoms with Crippen LogP contribution in [0.25, 0.3) is 10.9 Å². The predicted molar refractivity (Wildman–Crippen MR) is 105 cm³/mol. The van der Waals surface area contributed by atoms with Crippen LogP contribution >= 0.6 is 0 Å². The molecule has 3 heterocycles. The Morgan fingerprint density at radius 1 is 1.15 bits per heavy atom. The lowest BCUT2D eigenvalue weighted by Crippen LogP contribution is -2.37. The van der Waals surface area contributed by atoms with Crippen LogP contribution in [0, 0.1) is 12.8 Å². The van der Waals surface area contributed by atoms with Gasteiger partial charge in [-0.25, -0.2) is 0 Å². The molecule has 1 aromatic carbocycles. The van der Waals surface area contributed by atoms with Crippen molar-refractivity contribution in [2.75, 3.05) is 13.1 Å². The summed E-state index contributed by atoms with van der Waals surface area (Å²) in [5.41, 5.74) is 2.25. The van der Waals surface area contributed by atoms with E-state index in [1.165, 1.54) is 23.7 Å². The molecule has 2 aliphatic rings. The Kier molecular flexibility index (Phi) is 4.40. The predicted octanol–water partition coefficient (Wildman–Crippen LogP) is 4.39. The van der Waals surface area contributed by atoms with Crippen molar-refractivity contribution >= 4 is 10.9 Å². The molecule has 0 bridgehead atoms. The van der Waals surface area contributed by atoms with Crippen molar-refractivity contribution in [2.45, 2.75) is 51.8 Å². The van der Waals surface area contributed by atoms with E-state index in [0.717, 1.165) is 62.1 Å². The molecule has 142 valence electrons. The van der Waals surface area contributed by atoms with Crippen molar-refractivity contribution < 1.29 is 9.26 Å². The molecule has 1 saturated heterocycles. The monoisotopic (exact) mass is 365 g/mol. The van der Waals surface area contributed by atoms with Crippen molar-refractivity contribution in [3.05, 3.63) is 48.0 Å². The maximum Gasteiger partial charge on any atom is 0.150 e. The van der Waals surface area contributed by atoms with Gasteiger partial charge in [0.05, 0.1) is 17.8 Å². The zero-order chi connectivity index (χ0) is 18.2. The lowest BCUT2D eigenvalue weighted by Gasteiger charge is -2.31. The second kappa shape index (κ2) is 7.04. The van der Waals surface area contributed by atoms with Gasteiger partial charge in [0.15, 0.2) is 5.76 Å². The Labute approximate surface area is 159 Å². The van der Waals surface area contributed by atoms with E-state index in [1.54, 1.807) is 0 Å². The third-order valence-corrected chi connectivity index (χ3v) is 5.81. The van der Waals surface area contributed by atoms with Gasteiger partial charge in [0, 0.05) is 37.3 Å². The number of likely N-dealkylation sites (tertiary alicyclic amines) is 1. The molecule has 2 aromatic heterocycles. The van der Waals surface area contributed by atoms with Crippen LogP contribution in [0.2, 0.25) is 0 Å². The first kappa shape index (κ1) is 16.9. The zero-order valence-corrected chi connectivity index (χ0v) is 15.9. The number of benzene rings is 1. The van der Waals surface area contributed by atoms with E-state index >= 15 is 0 Å². The molecule has 0 amide bonds. The van der Waals surface area contributed by atoms with E-state index in [9.17, 15) is 0 Å². The van der Waals surface area contributed by atoms with E-state index in [0.29, 0.717) is 0 Å². The van der Waals surface area contributed by atoms with Crippen LogP contribution in [0.15, 0.2) is 41.1 Å². The Hall–Kier alpha value is -2.27. The fourth-order valence-electron chi connectivity index (χ4n) is 4.11. The second-order valence-electron chi connectivity index (χ2n) is 8.13. The molecule has 0 spiro atoms. The lowest BCUT2D eigenvalue weighted by atomic mass is 10.1. The standard InChI is InChI=1S/C22H27N3O2/c1-16-13-19(27-23-16)15-24-10-7-18(8-11-24)26-22-4-2-3-21-20(22)9-12-25(21)14-17-5-6-17/h2-4,9,12-13,17-18H,5-8,10-11,14-15H2,1H3. The number of rotatable bonds is 6. The number of nitrogens with zero attached hydrogens (tertiary/aromatic N) is 3. The molecule has 5 heteroatoms. The third-order valence-electron chi connectivity index (χ3n) is 5.81. The smallest absolute Gasteiger partial charge is 0.150 e. The minimum atomic E-state index is 0.287. The van der Waals surface area contributed by atoms with Gasteiger partial charge in [-0.2, -0.15) is 0 Å². The molecule has 1 aliphatic heterocycles. The molecule has 5 nitrogen and oxygen atoms in total. The SMILES string of the molecule is Cc1cc(CN2CCC(Oc3cccc4c3ccn4CC3CC3)CC2)on1. The van der Waals surface area contributed by atoms with Gasteiger partial charge in [-0.1, -0.05) is 11.2 Å². The van der Waals surface area contributed by atoms with Gasteiger partial charge in [0.2, 0.25) is 0 Å². The molecule has 0 atom stereocenters. The number of piperidine rings is 1. The zero-order valence-electron chi connectivity index (χ0n) is 15.9. The van der Waals surface area contributed by atoms with E-state index in [1.807, 2.05) is 13.0 Å². The maximum absolute atomic E-state index is 6.43. The van der Waals surface area contributed by atoms with Crippen molar-refractivity contribution in [3.63, 3.8) is 0 Å². The van der Waals surface area contributed by atoms with E-state index in [4.69, 9.17) is 9.26 Å². The maximum atomic E-state index is 6.43. The summed E-state index contributed by atoms with van der Waals surface area (Å²) in [5.74, 6) is 2.86. The van der Waals surface area contributed by atoms with Gasteiger partial charge < -0.3 is 13.8 Å². The van der Waals surface area contributed by atoms with Gasteiger partial charge in [-0.3, -0.25) is 4.90 Å². The first-order chi connectivity index (χ1) is 13.2. The van der Waals surface area contributed by atoms with Crippen molar-refractivity contribution in [1.82, 2.24) is 14.6 Å². The minimum absolute atomic E-state index is 0.287. The van der Waals surface area contributed by atoms with Crippen LogP contribution in [0.5, 0.6) is 5.75 Å². The molecule has 0 unspecified atom stereocenters. The van der Waals surface area contributed by atoms with Gasteiger partial charge >= 0.3 is 0 Å². The number of ether oxygens (including phenoxy) is 1. The van der Waals surface area contributed by atoms with Crippen molar-refractivity contribution in [1.29, 1.82) is 0 Å². The summed E-state index contributed by atoms with van der Waals surface area (Å²) >= 11 is 0. The summed E-state index contributed by atoms with van der Waals surface area (Å²) in [4.78, 5) is 2.42. The Balaban J connectivity index is 1.22. The van der Waals surface area contributed by atoms with Crippen LogP contribution in [0.3, 0.4) is 0 Å². The molecule has 2 fully saturated rings. The highest BCUT2D eigenvalue weighted by atomic mass is 16.5. The number of aromatic nitrogens is 2. The quantitative estimate of drug-likeness (QED) is 0.650. The number of hydrogen-bond acceptors (Lipinski definition) is 4. The fourth-order valence-corrected chi connectivity index (χ4v) is 4.11. The van der Waals surface area contributed by atoms with Crippen LogP contribution < -0.4 is 4.74 Å². The molecule has 0 radical (unpaired) electrons. The summed E-state index contributed by atoms with van der Waals surface area (Å²) in [6.07, 6.45) is 7.36. The second-order valence-corrected chi connectivity index (χ2v) is 8.13. The Morgan fingerprint density at radius 2 is 2.00 bits per heavy atom. The molecule has 5 rings (SSSR count). The van der Waals surface area contributed by atoms with Gasteiger partial charge in [0.25, 0.3) is 0 Å². The first-order valence-electron chi connectivity index (χ1n) is 10.1. The summed E-state index contributed by atoms with van der Waals surface area (Å²) in [6, 6.07) is 10.7. The molecular weight excluding hydrogens is 338 g/mol. The molecule has 1 saturated carbocycles. The first-order valence-corrected chi connectivity index (χ1v) is 10.1. The average molecular weight is 365 g/mol. The van der Waals surface area contributed by atoms with E-state index in [-0.39, 0.29) is 6.10 Å². The van der Waals surface area contributed by atoms with Crippen molar-refractivity contribution in [3.8, 4) is 5.75 Å². The number of aryl methyl sites for hydroxylation is 1. The van der Waals surface area contributed by atoms with Gasteiger partial charge in [-0.05, 0) is 56.7 Å². The summed E-state index contributed by atoms with van der Waals surface area (Å²) < 4.78 is 14.2. The molecule has 1 aliphatic carbocycles. The number of fused-ring (bicyclic) bond motifs is 1. The third kappa shape index (κ3) is 3.74. The highest BCUT2D eigenvalue weighted by Crippen LogP contribution is 2.34. The largest absolute Gasteiger partial charge is 0.490 e. The van der Waals surface area contributed by atoms with Crippen LogP contribution in [-0.4, -0.2) is 33.8 Å². The number of hydrogen-bond donors (Lipinski definition) is 0. The van der Waals surface area contributed by atoms with Crippen LogP contribution in [-0.2, 0) is 13.1 Å². The van der Waals surface area contributed by atoms with Crippen molar-refractivity contribution in [2.24, 2.45) is 5.92 Å². The normalized spacial score (nSPS) is 19.0. The molecule has 3 aromatic rings. The van der Waals surface area contributed by atoms with Gasteiger partial charge in [-0.15, -0.1) is 0 Å². The van der Waals surface area contributed by atoms with E-state index < -0.39 is 0 Å². The fraction of sp³-hybridized carbons (Fsp3) is 0.500. The van der Waals surface area contributed by atoms with Crippen LogP contribution in [0.1, 0.15) is 37.1 Å². The summed E-state index contributed by atoms with van der Waals surface area (Å²) in [7, 11) is 0. The van der Waals surface area contributed by atoms with Gasteiger partial charge in [0.1, 0.15) is 11.9 Å². The summed E-state index contributed by atoms with van der Waals surface area (Å²) in [5, 5.41) is 5.23.